The van der Waals surface area contributed by atoms with Gasteiger partial charge in [-0.2, -0.15) is 0 Å². The first kappa shape index (κ1) is 15.7. The van der Waals surface area contributed by atoms with Gasteiger partial charge in [0.2, 0.25) is 0 Å². The first-order valence-corrected chi connectivity index (χ1v) is 7.43. The lowest BCUT2D eigenvalue weighted by Gasteiger charge is -2.17. The van der Waals surface area contributed by atoms with Crippen molar-refractivity contribution in [1.29, 1.82) is 0 Å². The summed E-state index contributed by atoms with van der Waals surface area (Å²) in [5, 5.41) is 6.81. The van der Waals surface area contributed by atoms with Crippen LogP contribution in [0.15, 0.2) is 6.07 Å². The molecule has 0 saturated heterocycles. The molecule has 0 aliphatic carbocycles. The number of hydrogen-bond acceptors (Lipinski definition) is 4. The molecule has 108 valence electrons. The molecule has 0 amide bonds. The van der Waals surface area contributed by atoms with E-state index in [4.69, 9.17) is 0 Å². The van der Waals surface area contributed by atoms with E-state index in [-0.39, 0.29) is 0 Å². The standard InChI is InChI=1S/C15H28N4/c1-6-8-16-14-10-15(19-13(7-2)18-14)17-12(5)9-11(3)4/h10-12H,6-9H2,1-5H3,(H2,16,17,18,19). The molecule has 0 radical (unpaired) electrons. The van der Waals surface area contributed by atoms with E-state index in [1.807, 2.05) is 6.07 Å². The predicted molar refractivity (Wildman–Crippen MR) is 82.7 cm³/mol. The van der Waals surface area contributed by atoms with Gasteiger partial charge in [-0.3, -0.25) is 0 Å². The van der Waals surface area contributed by atoms with Crippen LogP contribution in [0.2, 0.25) is 0 Å². The molecule has 0 aliphatic rings. The summed E-state index contributed by atoms with van der Waals surface area (Å²) in [5.74, 6) is 3.43. The van der Waals surface area contributed by atoms with Gasteiger partial charge in [-0.15, -0.1) is 0 Å². The second kappa shape index (κ2) is 7.97. The van der Waals surface area contributed by atoms with E-state index in [0.717, 1.165) is 43.3 Å². The van der Waals surface area contributed by atoms with Crippen LogP contribution < -0.4 is 10.6 Å². The third-order valence-corrected chi connectivity index (χ3v) is 2.86. The highest BCUT2D eigenvalue weighted by atomic mass is 15.1. The molecule has 1 rings (SSSR count). The molecule has 0 bridgehead atoms. The van der Waals surface area contributed by atoms with Gasteiger partial charge < -0.3 is 10.6 Å². The van der Waals surface area contributed by atoms with Gasteiger partial charge in [0.05, 0.1) is 0 Å². The van der Waals surface area contributed by atoms with E-state index >= 15 is 0 Å². The summed E-state index contributed by atoms with van der Waals surface area (Å²) in [7, 11) is 0. The number of nitrogens with zero attached hydrogens (tertiary/aromatic N) is 2. The summed E-state index contributed by atoms with van der Waals surface area (Å²) in [6.45, 7) is 11.9. The molecule has 0 saturated carbocycles. The molecule has 0 spiro atoms. The summed E-state index contributed by atoms with van der Waals surface area (Å²) in [5.41, 5.74) is 0. The highest BCUT2D eigenvalue weighted by Gasteiger charge is 2.08. The number of hydrogen-bond donors (Lipinski definition) is 2. The monoisotopic (exact) mass is 264 g/mol. The Kier molecular flexibility index (Phi) is 6.60. The van der Waals surface area contributed by atoms with Crippen LogP contribution in [-0.4, -0.2) is 22.6 Å². The van der Waals surface area contributed by atoms with E-state index in [2.05, 4.69) is 55.2 Å². The molecule has 19 heavy (non-hydrogen) atoms. The number of rotatable bonds is 8. The Hall–Kier alpha value is -1.32. The third-order valence-electron chi connectivity index (χ3n) is 2.86. The van der Waals surface area contributed by atoms with Crippen LogP contribution in [0, 0.1) is 5.92 Å². The molecule has 0 aliphatic heterocycles. The molecule has 1 unspecified atom stereocenters. The maximum absolute atomic E-state index is 4.55. The topological polar surface area (TPSA) is 49.8 Å². The van der Waals surface area contributed by atoms with Crippen molar-refractivity contribution >= 4 is 11.6 Å². The summed E-state index contributed by atoms with van der Waals surface area (Å²) in [4.78, 5) is 9.04. The molecule has 1 heterocycles. The average Bonchev–Trinajstić information content (AvgIpc) is 2.34. The molecule has 1 atom stereocenters. The summed E-state index contributed by atoms with van der Waals surface area (Å²) >= 11 is 0. The summed E-state index contributed by atoms with van der Waals surface area (Å²) < 4.78 is 0. The van der Waals surface area contributed by atoms with Crippen LogP contribution in [0.3, 0.4) is 0 Å². The van der Waals surface area contributed by atoms with E-state index in [9.17, 15) is 0 Å². The van der Waals surface area contributed by atoms with Crippen molar-refractivity contribution < 1.29 is 0 Å². The van der Waals surface area contributed by atoms with Crippen molar-refractivity contribution in [2.75, 3.05) is 17.2 Å². The van der Waals surface area contributed by atoms with E-state index < -0.39 is 0 Å². The zero-order valence-electron chi connectivity index (χ0n) is 13.0. The normalized spacial score (nSPS) is 12.5. The minimum atomic E-state index is 0.429. The number of nitrogens with one attached hydrogen (secondary N) is 2. The molecule has 1 aromatic heterocycles. The largest absolute Gasteiger partial charge is 0.370 e. The van der Waals surface area contributed by atoms with Gasteiger partial charge in [-0.05, 0) is 25.7 Å². The first-order valence-electron chi connectivity index (χ1n) is 7.43. The van der Waals surface area contributed by atoms with Gasteiger partial charge in [0, 0.05) is 25.1 Å². The maximum atomic E-state index is 4.55. The highest BCUT2D eigenvalue weighted by molar-refractivity contribution is 5.48. The zero-order valence-corrected chi connectivity index (χ0v) is 13.0. The van der Waals surface area contributed by atoms with Gasteiger partial charge in [0.25, 0.3) is 0 Å². The van der Waals surface area contributed by atoms with Crippen LogP contribution in [-0.2, 0) is 6.42 Å². The SMILES string of the molecule is CCCNc1cc(NC(C)CC(C)C)nc(CC)n1. The van der Waals surface area contributed by atoms with Crippen molar-refractivity contribution in [2.45, 2.75) is 59.9 Å². The van der Waals surface area contributed by atoms with Gasteiger partial charge in [0.15, 0.2) is 0 Å². The minimum absolute atomic E-state index is 0.429. The van der Waals surface area contributed by atoms with Crippen LogP contribution in [0.25, 0.3) is 0 Å². The molecule has 4 heteroatoms. The fourth-order valence-electron chi connectivity index (χ4n) is 2.09. The Labute approximate surface area is 117 Å². The minimum Gasteiger partial charge on any atom is -0.370 e. The lowest BCUT2D eigenvalue weighted by molar-refractivity contribution is 0.538. The Morgan fingerprint density at radius 1 is 1.11 bits per heavy atom. The van der Waals surface area contributed by atoms with Crippen molar-refractivity contribution in [3.8, 4) is 0 Å². The maximum Gasteiger partial charge on any atom is 0.132 e. The van der Waals surface area contributed by atoms with Gasteiger partial charge >= 0.3 is 0 Å². The Morgan fingerprint density at radius 2 is 1.79 bits per heavy atom. The van der Waals surface area contributed by atoms with E-state index in [0.29, 0.717) is 12.0 Å². The quantitative estimate of drug-likeness (QED) is 0.751. The molecule has 4 nitrogen and oxygen atoms in total. The first-order chi connectivity index (χ1) is 9.05. The van der Waals surface area contributed by atoms with E-state index in [1.165, 1.54) is 0 Å². The number of aryl methyl sites for hydroxylation is 1. The number of anilines is 2. The van der Waals surface area contributed by atoms with E-state index in [1.54, 1.807) is 0 Å². The van der Waals surface area contributed by atoms with Crippen LogP contribution >= 0.6 is 0 Å². The average molecular weight is 264 g/mol. The molecule has 0 fully saturated rings. The van der Waals surface area contributed by atoms with Crippen LogP contribution in [0.4, 0.5) is 11.6 Å². The van der Waals surface area contributed by atoms with Crippen molar-refractivity contribution in [3.05, 3.63) is 11.9 Å². The predicted octanol–water partition coefficient (Wildman–Crippen LogP) is 3.71. The second-order valence-corrected chi connectivity index (χ2v) is 5.51. The smallest absolute Gasteiger partial charge is 0.132 e. The molecule has 1 aromatic rings. The second-order valence-electron chi connectivity index (χ2n) is 5.51. The molecular weight excluding hydrogens is 236 g/mol. The van der Waals surface area contributed by atoms with Gasteiger partial charge in [-0.25, -0.2) is 9.97 Å². The van der Waals surface area contributed by atoms with Crippen LogP contribution in [0.1, 0.15) is 53.3 Å². The van der Waals surface area contributed by atoms with Crippen molar-refractivity contribution in [2.24, 2.45) is 5.92 Å². The Morgan fingerprint density at radius 3 is 2.37 bits per heavy atom. The lowest BCUT2D eigenvalue weighted by Crippen LogP contribution is -2.19. The molecule has 0 aromatic carbocycles. The molecular formula is C15H28N4. The third kappa shape index (κ3) is 5.90. The Bertz CT molecular complexity index is 376. The number of aromatic nitrogens is 2. The summed E-state index contributed by atoms with van der Waals surface area (Å²) in [6, 6.07) is 2.43. The van der Waals surface area contributed by atoms with Crippen LogP contribution in [0.5, 0.6) is 0 Å². The lowest BCUT2D eigenvalue weighted by atomic mass is 10.1. The van der Waals surface area contributed by atoms with Gasteiger partial charge in [0.1, 0.15) is 17.5 Å². The molecule has 2 N–H and O–H groups in total. The Balaban J connectivity index is 2.75. The fraction of sp³-hybridized carbons (Fsp3) is 0.733. The summed E-state index contributed by atoms with van der Waals surface area (Å²) in [6.07, 6.45) is 3.09. The fourth-order valence-corrected chi connectivity index (χ4v) is 2.09. The zero-order chi connectivity index (χ0) is 14.3. The van der Waals surface area contributed by atoms with Gasteiger partial charge in [-0.1, -0.05) is 27.7 Å². The van der Waals surface area contributed by atoms with Crippen molar-refractivity contribution in [3.63, 3.8) is 0 Å². The highest BCUT2D eigenvalue weighted by Crippen LogP contribution is 2.15. The van der Waals surface area contributed by atoms with Crippen molar-refractivity contribution in [1.82, 2.24) is 9.97 Å².